The van der Waals surface area contributed by atoms with Crippen LogP contribution in [0.1, 0.15) is 0 Å². The molecule has 0 amide bonds. The summed E-state index contributed by atoms with van der Waals surface area (Å²) in [5.41, 5.74) is 0.577. The Hall–Kier alpha value is -3.50. The van der Waals surface area contributed by atoms with Crippen LogP contribution >= 0.6 is 0 Å². The van der Waals surface area contributed by atoms with E-state index in [1.54, 1.807) is 24.3 Å². The van der Waals surface area contributed by atoms with Crippen LogP contribution in [-0.2, 0) is 20.0 Å². The van der Waals surface area contributed by atoms with Crippen molar-refractivity contribution in [2.75, 3.05) is 9.44 Å². The fourth-order valence-corrected chi connectivity index (χ4v) is 5.31. The maximum atomic E-state index is 13.4. The van der Waals surface area contributed by atoms with Crippen LogP contribution in [0.4, 0.5) is 15.8 Å². The molecule has 1 heterocycles. The third-order valence-electron chi connectivity index (χ3n) is 4.36. The van der Waals surface area contributed by atoms with E-state index in [9.17, 15) is 21.2 Å². The van der Waals surface area contributed by atoms with E-state index in [0.717, 1.165) is 12.1 Å². The van der Waals surface area contributed by atoms with Gasteiger partial charge in [0.1, 0.15) is 10.7 Å². The van der Waals surface area contributed by atoms with Gasteiger partial charge in [-0.2, -0.15) is 0 Å². The van der Waals surface area contributed by atoms with Crippen LogP contribution in [0.5, 0.6) is 0 Å². The Bertz CT molecular complexity index is 1480. The van der Waals surface area contributed by atoms with Gasteiger partial charge in [0.2, 0.25) is 0 Å². The molecule has 10 heteroatoms. The van der Waals surface area contributed by atoms with Crippen LogP contribution in [0.25, 0.3) is 10.9 Å². The lowest BCUT2D eigenvalue weighted by molar-refractivity contribution is 0.595. The minimum absolute atomic E-state index is 0.00338. The van der Waals surface area contributed by atoms with Gasteiger partial charge < -0.3 is 0 Å². The molecular weight excluding hydrogens is 441 g/mol. The smallest absolute Gasteiger partial charge is 0.264 e. The second-order valence-corrected chi connectivity index (χ2v) is 9.91. The van der Waals surface area contributed by atoms with Crippen LogP contribution < -0.4 is 9.44 Å². The SMILES string of the molecule is O=S(=O)(Nc1cccc(NS(=O)(=O)c2cccc3cccnc23)c1)c1cccc(F)c1. The summed E-state index contributed by atoms with van der Waals surface area (Å²) < 4.78 is 69.0. The summed E-state index contributed by atoms with van der Waals surface area (Å²) in [7, 11) is -8.05. The summed E-state index contributed by atoms with van der Waals surface area (Å²) in [6, 6.07) is 18.6. The molecule has 3 aromatic carbocycles. The van der Waals surface area contributed by atoms with Gasteiger partial charge in [-0.3, -0.25) is 14.4 Å². The van der Waals surface area contributed by atoms with Gasteiger partial charge in [0, 0.05) is 11.6 Å². The van der Waals surface area contributed by atoms with Crippen molar-refractivity contribution in [1.29, 1.82) is 0 Å². The second-order valence-electron chi connectivity index (χ2n) is 6.58. The summed E-state index contributed by atoms with van der Waals surface area (Å²) in [5.74, 6) is -0.687. The molecule has 0 fully saturated rings. The molecule has 0 aliphatic rings. The van der Waals surface area contributed by atoms with Crippen molar-refractivity contribution < 1.29 is 21.2 Å². The molecule has 0 saturated carbocycles. The lowest BCUT2D eigenvalue weighted by Crippen LogP contribution is -2.15. The Morgan fingerprint density at radius 3 is 2.10 bits per heavy atom. The van der Waals surface area contributed by atoms with Crippen LogP contribution in [0.2, 0.25) is 0 Å². The van der Waals surface area contributed by atoms with Crippen molar-refractivity contribution in [3.8, 4) is 0 Å². The molecule has 0 bridgehead atoms. The molecular formula is C21H16FN3O4S2. The number of para-hydroxylation sites is 1. The highest BCUT2D eigenvalue weighted by Gasteiger charge is 2.19. The maximum absolute atomic E-state index is 13.4. The van der Waals surface area contributed by atoms with E-state index in [1.165, 1.54) is 48.7 Å². The molecule has 0 radical (unpaired) electrons. The Morgan fingerprint density at radius 1 is 0.710 bits per heavy atom. The highest BCUT2D eigenvalue weighted by Crippen LogP contribution is 2.25. The molecule has 1 aromatic heterocycles. The molecule has 2 N–H and O–H groups in total. The number of fused-ring (bicyclic) bond motifs is 1. The zero-order valence-electron chi connectivity index (χ0n) is 15.9. The lowest BCUT2D eigenvalue weighted by Gasteiger charge is -2.12. The van der Waals surface area contributed by atoms with Gasteiger partial charge in [-0.25, -0.2) is 21.2 Å². The van der Waals surface area contributed by atoms with Crippen molar-refractivity contribution >= 4 is 42.3 Å². The normalized spacial score (nSPS) is 11.9. The average molecular weight is 458 g/mol. The molecule has 158 valence electrons. The summed E-state index contributed by atoms with van der Waals surface area (Å²) in [5, 5.41) is 0.668. The topological polar surface area (TPSA) is 105 Å². The molecule has 0 unspecified atom stereocenters. The molecule has 0 spiro atoms. The summed E-state index contributed by atoms with van der Waals surface area (Å²) in [6.45, 7) is 0. The van der Waals surface area contributed by atoms with Crippen molar-refractivity contribution in [2.24, 2.45) is 0 Å². The molecule has 0 atom stereocenters. The minimum atomic E-state index is -4.05. The molecule has 0 aliphatic heterocycles. The van der Waals surface area contributed by atoms with Gasteiger partial charge in [0.05, 0.1) is 21.8 Å². The monoisotopic (exact) mass is 457 g/mol. The van der Waals surface area contributed by atoms with Crippen molar-refractivity contribution in [1.82, 2.24) is 4.98 Å². The van der Waals surface area contributed by atoms with E-state index in [0.29, 0.717) is 10.9 Å². The Morgan fingerprint density at radius 2 is 1.35 bits per heavy atom. The summed E-state index contributed by atoms with van der Waals surface area (Å²) in [6.07, 6.45) is 1.50. The van der Waals surface area contributed by atoms with Gasteiger partial charge >= 0.3 is 0 Å². The first-order valence-corrected chi connectivity index (χ1v) is 12.0. The van der Waals surface area contributed by atoms with E-state index in [-0.39, 0.29) is 21.2 Å². The van der Waals surface area contributed by atoms with Crippen LogP contribution in [0.3, 0.4) is 0 Å². The number of nitrogens with zero attached hydrogens (tertiary/aromatic N) is 1. The molecule has 31 heavy (non-hydrogen) atoms. The fraction of sp³-hybridized carbons (Fsp3) is 0. The Kier molecular flexibility index (Phi) is 5.34. The highest BCUT2D eigenvalue weighted by atomic mass is 32.2. The third-order valence-corrected chi connectivity index (χ3v) is 7.15. The maximum Gasteiger partial charge on any atom is 0.264 e. The second kappa shape index (κ2) is 7.97. The van der Waals surface area contributed by atoms with E-state index < -0.39 is 25.9 Å². The number of halogens is 1. The number of pyridine rings is 1. The highest BCUT2D eigenvalue weighted by molar-refractivity contribution is 7.93. The predicted molar refractivity (Wildman–Crippen MR) is 116 cm³/mol. The number of benzene rings is 3. The van der Waals surface area contributed by atoms with Crippen LogP contribution in [-0.4, -0.2) is 21.8 Å². The van der Waals surface area contributed by atoms with Gasteiger partial charge in [0.25, 0.3) is 20.0 Å². The molecule has 4 rings (SSSR count). The number of anilines is 2. The Labute approximate surface area is 178 Å². The first kappa shape index (κ1) is 20.8. The zero-order chi connectivity index (χ0) is 22.1. The molecule has 0 saturated heterocycles. The standard InChI is InChI=1S/C21H16FN3O4S2/c22-16-7-2-10-19(13-16)30(26,27)24-17-8-3-9-18(14-17)25-31(28,29)20-11-1-5-15-6-4-12-23-21(15)20/h1-14,24-25H. The third kappa shape index (κ3) is 4.49. The number of hydrogen-bond acceptors (Lipinski definition) is 5. The van der Waals surface area contributed by atoms with Gasteiger partial charge in [-0.1, -0.05) is 30.3 Å². The molecule has 0 aliphatic carbocycles. The largest absolute Gasteiger partial charge is 0.280 e. The first-order valence-electron chi connectivity index (χ1n) is 9.00. The predicted octanol–water partition coefficient (Wildman–Crippen LogP) is 3.98. The first-order chi connectivity index (χ1) is 14.7. The summed E-state index contributed by atoms with van der Waals surface area (Å²) in [4.78, 5) is 3.90. The van der Waals surface area contributed by atoms with E-state index in [2.05, 4.69) is 14.4 Å². The van der Waals surface area contributed by atoms with E-state index >= 15 is 0 Å². The van der Waals surface area contributed by atoms with Crippen molar-refractivity contribution in [3.05, 3.63) is 90.9 Å². The van der Waals surface area contributed by atoms with Crippen molar-refractivity contribution in [2.45, 2.75) is 9.79 Å². The number of nitrogens with one attached hydrogen (secondary N) is 2. The lowest BCUT2D eigenvalue weighted by atomic mass is 10.2. The van der Waals surface area contributed by atoms with Crippen molar-refractivity contribution in [3.63, 3.8) is 0 Å². The number of rotatable bonds is 6. The number of hydrogen-bond donors (Lipinski definition) is 2. The summed E-state index contributed by atoms with van der Waals surface area (Å²) >= 11 is 0. The number of sulfonamides is 2. The average Bonchev–Trinajstić information content (AvgIpc) is 2.73. The minimum Gasteiger partial charge on any atom is -0.280 e. The van der Waals surface area contributed by atoms with Gasteiger partial charge in [0.15, 0.2) is 0 Å². The number of aromatic nitrogens is 1. The van der Waals surface area contributed by atoms with E-state index in [4.69, 9.17) is 0 Å². The van der Waals surface area contributed by atoms with Crippen LogP contribution in [0, 0.1) is 5.82 Å². The molecule has 7 nitrogen and oxygen atoms in total. The molecule has 4 aromatic rings. The zero-order valence-corrected chi connectivity index (χ0v) is 17.5. The quantitative estimate of drug-likeness (QED) is 0.456. The Balaban J connectivity index is 1.63. The van der Waals surface area contributed by atoms with E-state index in [1.807, 2.05) is 0 Å². The fourth-order valence-electron chi connectivity index (χ4n) is 3.00. The van der Waals surface area contributed by atoms with Crippen LogP contribution in [0.15, 0.2) is 94.9 Å². The van der Waals surface area contributed by atoms with Gasteiger partial charge in [-0.05, 0) is 48.5 Å². The van der Waals surface area contributed by atoms with Gasteiger partial charge in [-0.15, -0.1) is 0 Å².